The predicted molar refractivity (Wildman–Crippen MR) is 121 cm³/mol. The third-order valence-corrected chi connectivity index (χ3v) is 4.81. The van der Waals surface area contributed by atoms with Crippen LogP contribution in [0.15, 0.2) is 47.5 Å². The first-order valence-corrected chi connectivity index (χ1v) is 9.26. The lowest BCUT2D eigenvalue weighted by atomic mass is 10.0. The highest BCUT2D eigenvalue weighted by atomic mass is 127. The molecule has 1 heterocycles. The van der Waals surface area contributed by atoms with E-state index in [1.165, 1.54) is 6.07 Å². The van der Waals surface area contributed by atoms with E-state index < -0.39 is 11.6 Å². The molecule has 0 radical (unpaired) electrons. The number of nitriles is 1. The quantitative estimate of drug-likeness (QED) is 0.373. The van der Waals surface area contributed by atoms with Crippen LogP contribution in [0, 0.1) is 23.0 Å². The van der Waals surface area contributed by atoms with Gasteiger partial charge in [-0.25, -0.2) is 8.78 Å². The molecule has 1 aliphatic heterocycles. The summed E-state index contributed by atoms with van der Waals surface area (Å²) in [5.41, 5.74) is 1.84. The zero-order valence-corrected chi connectivity index (χ0v) is 18.5. The van der Waals surface area contributed by atoms with Crippen LogP contribution in [0.2, 0.25) is 0 Å². The molecule has 1 unspecified atom stereocenters. The van der Waals surface area contributed by atoms with Crippen molar-refractivity contribution in [2.45, 2.75) is 25.4 Å². The minimum absolute atomic E-state index is 0. The van der Waals surface area contributed by atoms with Crippen molar-refractivity contribution in [3.05, 3.63) is 65.2 Å². The van der Waals surface area contributed by atoms with Crippen molar-refractivity contribution in [1.82, 2.24) is 10.6 Å². The van der Waals surface area contributed by atoms with Gasteiger partial charge in [-0.15, -0.1) is 24.0 Å². The molecule has 0 aliphatic carbocycles. The molecule has 1 fully saturated rings. The van der Waals surface area contributed by atoms with Gasteiger partial charge < -0.3 is 15.5 Å². The third-order valence-electron chi connectivity index (χ3n) is 4.81. The van der Waals surface area contributed by atoms with E-state index in [0.29, 0.717) is 11.5 Å². The first-order chi connectivity index (χ1) is 13.6. The van der Waals surface area contributed by atoms with Crippen molar-refractivity contribution in [2.24, 2.45) is 4.99 Å². The summed E-state index contributed by atoms with van der Waals surface area (Å²) in [6.07, 6.45) is 1.94. The maximum absolute atomic E-state index is 13.8. The Hall–Kier alpha value is -2.41. The molecular formula is C21H24F2IN5. The molecule has 5 nitrogen and oxygen atoms in total. The second kappa shape index (κ2) is 11.0. The van der Waals surface area contributed by atoms with Gasteiger partial charge in [0, 0.05) is 38.3 Å². The fourth-order valence-corrected chi connectivity index (χ4v) is 3.40. The van der Waals surface area contributed by atoms with Crippen molar-refractivity contribution < 1.29 is 8.78 Å². The maximum atomic E-state index is 13.8. The SMILES string of the molecule is CN=C(NCc1cc(F)ccc1F)NC1CCCN(c2ccccc2C#N)C1.I. The molecule has 1 saturated heterocycles. The summed E-state index contributed by atoms with van der Waals surface area (Å²) >= 11 is 0. The molecular weight excluding hydrogens is 487 g/mol. The van der Waals surface area contributed by atoms with E-state index in [-0.39, 0.29) is 42.1 Å². The Labute approximate surface area is 186 Å². The van der Waals surface area contributed by atoms with Crippen LogP contribution in [-0.4, -0.2) is 32.1 Å². The van der Waals surface area contributed by atoms with Crippen molar-refractivity contribution in [3.63, 3.8) is 0 Å². The minimum atomic E-state index is -0.472. The number of nitrogens with one attached hydrogen (secondary N) is 2. The van der Waals surface area contributed by atoms with Gasteiger partial charge in [0.1, 0.15) is 17.7 Å². The Bertz CT molecular complexity index is 897. The molecule has 1 aliphatic rings. The number of para-hydroxylation sites is 1. The van der Waals surface area contributed by atoms with Gasteiger partial charge in [-0.1, -0.05) is 12.1 Å². The molecule has 154 valence electrons. The van der Waals surface area contributed by atoms with Crippen LogP contribution in [-0.2, 0) is 6.54 Å². The number of aliphatic imine (C=N–C) groups is 1. The molecule has 0 bridgehead atoms. The fourth-order valence-electron chi connectivity index (χ4n) is 3.40. The number of rotatable bonds is 4. The molecule has 2 N–H and O–H groups in total. The van der Waals surface area contributed by atoms with E-state index in [9.17, 15) is 14.0 Å². The summed E-state index contributed by atoms with van der Waals surface area (Å²) in [5.74, 6) is -0.398. The minimum Gasteiger partial charge on any atom is -0.368 e. The highest BCUT2D eigenvalue weighted by Crippen LogP contribution is 2.23. The summed E-state index contributed by atoms with van der Waals surface area (Å²) in [4.78, 5) is 6.38. The van der Waals surface area contributed by atoms with Gasteiger partial charge in [0.05, 0.1) is 11.3 Å². The smallest absolute Gasteiger partial charge is 0.191 e. The molecule has 0 amide bonds. The van der Waals surface area contributed by atoms with E-state index in [2.05, 4.69) is 26.6 Å². The number of hydrogen-bond acceptors (Lipinski definition) is 3. The van der Waals surface area contributed by atoms with Crippen LogP contribution >= 0.6 is 24.0 Å². The first-order valence-electron chi connectivity index (χ1n) is 9.26. The molecule has 2 aromatic rings. The monoisotopic (exact) mass is 511 g/mol. The standard InChI is InChI=1S/C21H23F2N5.HI/c1-25-21(26-13-16-11-17(22)8-9-19(16)23)27-18-6-4-10-28(14-18)20-7-3-2-5-15(20)12-24;/h2-3,5,7-9,11,18H,4,6,10,13-14H2,1H3,(H2,25,26,27);1H. The normalized spacial score (nSPS) is 16.6. The number of benzene rings is 2. The predicted octanol–water partition coefficient (Wildman–Crippen LogP) is 3.79. The Morgan fingerprint density at radius 3 is 2.83 bits per heavy atom. The summed E-state index contributed by atoms with van der Waals surface area (Å²) in [7, 11) is 1.64. The van der Waals surface area contributed by atoms with Gasteiger partial charge in [-0.3, -0.25) is 4.99 Å². The van der Waals surface area contributed by atoms with Gasteiger partial charge >= 0.3 is 0 Å². The van der Waals surface area contributed by atoms with E-state index in [1.54, 1.807) is 7.05 Å². The number of hydrogen-bond donors (Lipinski definition) is 2. The van der Waals surface area contributed by atoms with Crippen LogP contribution in [0.4, 0.5) is 14.5 Å². The van der Waals surface area contributed by atoms with Gasteiger partial charge in [0.2, 0.25) is 0 Å². The zero-order valence-electron chi connectivity index (χ0n) is 16.2. The highest BCUT2D eigenvalue weighted by molar-refractivity contribution is 14.0. The third kappa shape index (κ3) is 6.03. The molecule has 8 heteroatoms. The van der Waals surface area contributed by atoms with Gasteiger partial charge in [0.15, 0.2) is 5.96 Å². The van der Waals surface area contributed by atoms with E-state index in [4.69, 9.17) is 0 Å². The second-order valence-corrected chi connectivity index (χ2v) is 6.72. The largest absolute Gasteiger partial charge is 0.368 e. The molecule has 0 saturated carbocycles. The number of nitrogens with zero attached hydrogens (tertiary/aromatic N) is 3. The van der Waals surface area contributed by atoms with E-state index in [1.807, 2.05) is 24.3 Å². The number of anilines is 1. The average Bonchev–Trinajstić information content (AvgIpc) is 2.73. The first kappa shape index (κ1) is 22.9. The van der Waals surface area contributed by atoms with Crippen LogP contribution < -0.4 is 15.5 Å². The lowest BCUT2D eigenvalue weighted by Gasteiger charge is -2.35. The van der Waals surface area contributed by atoms with E-state index >= 15 is 0 Å². The lowest BCUT2D eigenvalue weighted by Crippen LogP contribution is -2.51. The van der Waals surface area contributed by atoms with Crippen LogP contribution in [0.5, 0.6) is 0 Å². The number of halogens is 3. The van der Waals surface area contributed by atoms with Crippen molar-refractivity contribution in [3.8, 4) is 6.07 Å². The highest BCUT2D eigenvalue weighted by Gasteiger charge is 2.22. The molecule has 29 heavy (non-hydrogen) atoms. The molecule has 3 rings (SSSR count). The van der Waals surface area contributed by atoms with Crippen LogP contribution in [0.3, 0.4) is 0 Å². The van der Waals surface area contributed by atoms with E-state index in [0.717, 1.165) is 43.8 Å². The fraction of sp³-hybridized carbons (Fsp3) is 0.333. The molecule has 0 spiro atoms. The number of guanidine groups is 1. The van der Waals surface area contributed by atoms with Crippen molar-refractivity contribution in [2.75, 3.05) is 25.0 Å². The topological polar surface area (TPSA) is 63.5 Å². The zero-order chi connectivity index (χ0) is 19.9. The number of piperidine rings is 1. The summed E-state index contributed by atoms with van der Waals surface area (Å²) in [6.45, 7) is 1.75. The lowest BCUT2D eigenvalue weighted by molar-refractivity contribution is 0.467. The van der Waals surface area contributed by atoms with Crippen molar-refractivity contribution >= 4 is 35.6 Å². The van der Waals surface area contributed by atoms with Gasteiger partial charge in [0.25, 0.3) is 0 Å². The molecule has 2 aromatic carbocycles. The second-order valence-electron chi connectivity index (χ2n) is 6.72. The summed E-state index contributed by atoms with van der Waals surface area (Å²) in [6, 6.07) is 13.3. The van der Waals surface area contributed by atoms with Gasteiger partial charge in [-0.2, -0.15) is 5.26 Å². The Morgan fingerprint density at radius 2 is 2.07 bits per heavy atom. The summed E-state index contributed by atoms with van der Waals surface area (Å²) in [5, 5.41) is 15.7. The average molecular weight is 511 g/mol. The Balaban J connectivity index is 0.00000300. The maximum Gasteiger partial charge on any atom is 0.191 e. The Kier molecular flexibility index (Phi) is 8.64. The van der Waals surface area contributed by atoms with Crippen molar-refractivity contribution in [1.29, 1.82) is 5.26 Å². The van der Waals surface area contributed by atoms with Gasteiger partial charge in [-0.05, 0) is 43.2 Å². The molecule has 1 atom stereocenters. The van der Waals surface area contributed by atoms with Crippen LogP contribution in [0.1, 0.15) is 24.0 Å². The summed E-state index contributed by atoms with van der Waals surface area (Å²) < 4.78 is 27.1. The molecule has 0 aromatic heterocycles. The van der Waals surface area contributed by atoms with Crippen LogP contribution in [0.25, 0.3) is 0 Å². The Morgan fingerprint density at radius 1 is 1.28 bits per heavy atom.